The molecule has 4 heteroatoms. The Hall–Kier alpha value is -1.42. The Bertz CT molecular complexity index is 463. The lowest BCUT2D eigenvalue weighted by atomic mass is 9.93. The molecule has 16 heavy (non-hydrogen) atoms. The highest BCUT2D eigenvalue weighted by atomic mass is 15.1. The van der Waals surface area contributed by atoms with Crippen molar-refractivity contribution in [3.63, 3.8) is 0 Å². The molecular weight excluding hydrogens is 200 g/mol. The number of rotatable bonds is 2. The molecule has 84 valence electrons. The van der Waals surface area contributed by atoms with Crippen molar-refractivity contribution in [2.45, 2.75) is 31.7 Å². The van der Waals surface area contributed by atoms with Crippen LogP contribution in [0.4, 0.5) is 0 Å². The van der Waals surface area contributed by atoms with Crippen molar-refractivity contribution in [3.8, 4) is 0 Å². The van der Waals surface area contributed by atoms with Crippen LogP contribution in [0.3, 0.4) is 0 Å². The van der Waals surface area contributed by atoms with E-state index in [0.29, 0.717) is 0 Å². The summed E-state index contributed by atoms with van der Waals surface area (Å²) in [7, 11) is 0. The molecule has 1 aliphatic rings. The molecule has 1 unspecified atom stereocenters. The Morgan fingerprint density at radius 3 is 3.12 bits per heavy atom. The topological polar surface area (TPSA) is 53.6 Å². The van der Waals surface area contributed by atoms with Crippen LogP contribution in [0.5, 0.6) is 0 Å². The monoisotopic (exact) mass is 216 g/mol. The number of nitrogens with zero attached hydrogens (tertiary/aromatic N) is 2. The molecule has 1 saturated heterocycles. The van der Waals surface area contributed by atoms with Crippen molar-refractivity contribution in [2.24, 2.45) is 0 Å². The number of imidazole rings is 1. The van der Waals surface area contributed by atoms with Gasteiger partial charge in [-0.2, -0.15) is 0 Å². The molecule has 3 heterocycles. The Balaban J connectivity index is 2.10. The average molecular weight is 216 g/mol. The van der Waals surface area contributed by atoms with Gasteiger partial charge in [-0.05, 0) is 31.9 Å². The van der Waals surface area contributed by atoms with Gasteiger partial charge in [0.1, 0.15) is 5.82 Å². The second-order valence-corrected chi connectivity index (χ2v) is 4.44. The van der Waals surface area contributed by atoms with E-state index in [9.17, 15) is 0 Å². The normalized spacial score (nSPS) is 25.3. The van der Waals surface area contributed by atoms with Gasteiger partial charge < -0.3 is 10.3 Å². The third-order valence-corrected chi connectivity index (χ3v) is 3.58. The van der Waals surface area contributed by atoms with Crippen LogP contribution in [-0.2, 0) is 5.54 Å². The molecule has 1 atom stereocenters. The number of nitrogens with one attached hydrogen (secondary N) is 2. The highest BCUT2D eigenvalue weighted by Crippen LogP contribution is 2.32. The van der Waals surface area contributed by atoms with Crippen molar-refractivity contribution in [1.82, 2.24) is 20.3 Å². The Morgan fingerprint density at radius 1 is 1.50 bits per heavy atom. The molecule has 2 aromatic heterocycles. The number of hydrogen-bond acceptors (Lipinski definition) is 3. The van der Waals surface area contributed by atoms with E-state index in [1.54, 1.807) is 6.20 Å². The quantitative estimate of drug-likeness (QED) is 0.806. The summed E-state index contributed by atoms with van der Waals surface area (Å²) in [6.45, 7) is 3.30. The van der Waals surface area contributed by atoms with Gasteiger partial charge in [-0.25, -0.2) is 4.98 Å². The molecule has 0 spiro atoms. The van der Waals surface area contributed by atoms with Crippen LogP contribution in [0.25, 0.3) is 11.0 Å². The van der Waals surface area contributed by atoms with Gasteiger partial charge in [0.25, 0.3) is 0 Å². The van der Waals surface area contributed by atoms with Gasteiger partial charge in [0.2, 0.25) is 0 Å². The van der Waals surface area contributed by atoms with Crippen LogP contribution < -0.4 is 5.32 Å². The van der Waals surface area contributed by atoms with E-state index in [1.807, 2.05) is 12.3 Å². The van der Waals surface area contributed by atoms with E-state index in [1.165, 1.54) is 6.42 Å². The van der Waals surface area contributed by atoms with Crippen LogP contribution in [0.15, 0.2) is 18.5 Å². The van der Waals surface area contributed by atoms with Gasteiger partial charge in [0.05, 0.1) is 22.8 Å². The Kier molecular flexibility index (Phi) is 2.17. The highest BCUT2D eigenvalue weighted by Gasteiger charge is 2.36. The van der Waals surface area contributed by atoms with E-state index in [2.05, 4.69) is 27.2 Å². The molecule has 0 aliphatic carbocycles. The maximum Gasteiger partial charge on any atom is 0.127 e. The Morgan fingerprint density at radius 2 is 2.44 bits per heavy atom. The summed E-state index contributed by atoms with van der Waals surface area (Å²) >= 11 is 0. The zero-order valence-corrected chi connectivity index (χ0v) is 9.45. The summed E-state index contributed by atoms with van der Waals surface area (Å²) in [6, 6.07) is 1.95. The average Bonchev–Trinajstić information content (AvgIpc) is 2.96. The molecule has 1 aliphatic heterocycles. The second-order valence-electron chi connectivity index (χ2n) is 4.44. The molecule has 4 nitrogen and oxygen atoms in total. The standard InChI is InChI=1S/C12H16N4/c1-2-12(5-3-6-14-12)11-15-9-4-7-13-8-10(9)16-11/h4,7-8,14H,2-3,5-6H2,1H3,(H,15,16). The smallest absolute Gasteiger partial charge is 0.127 e. The first-order valence-electron chi connectivity index (χ1n) is 5.89. The van der Waals surface area contributed by atoms with Crippen molar-refractivity contribution >= 4 is 11.0 Å². The molecular formula is C12H16N4. The minimum Gasteiger partial charge on any atom is -0.339 e. The summed E-state index contributed by atoms with van der Waals surface area (Å²) in [5, 5.41) is 3.58. The van der Waals surface area contributed by atoms with E-state index in [0.717, 1.165) is 36.2 Å². The summed E-state index contributed by atoms with van der Waals surface area (Å²) < 4.78 is 0. The lowest BCUT2D eigenvalue weighted by molar-refractivity contribution is 0.357. The third-order valence-electron chi connectivity index (χ3n) is 3.58. The summed E-state index contributed by atoms with van der Waals surface area (Å²) in [6.07, 6.45) is 7.08. The predicted octanol–water partition coefficient (Wildman–Crippen LogP) is 1.95. The maximum atomic E-state index is 4.68. The molecule has 3 rings (SSSR count). The summed E-state index contributed by atoms with van der Waals surface area (Å²) in [5.74, 6) is 1.07. The fourth-order valence-electron chi connectivity index (χ4n) is 2.56. The summed E-state index contributed by atoms with van der Waals surface area (Å²) in [4.78, 5) is 12.2. The molecule has 0 saturated carbocycles. The van der Waals surface area contributed by atoms with E-state index in [4.69, 9.17) is 0 Å². The van der Waals surface area contributed by atoms with Crippen molar-refractivity contribution in [3.05, 3.63) is 24.3 Å². The SMILES string of the molecule is CCC1(c2nc3ccncc3[nH]2)CCCN1. The van der Waals surface area contributed by atoms with Gasteiger partial charge in [-0.3, -0.25) is 4.98 Å². The van der Waals surface area contributed by atoms with Gasteiger partial charge in [0.15, 0.2) is 0 Å². The lowest BCUT2D eigenvalue weighted by Crippen LogP contribution is -2.37. The van der Waals surface area contributed by atoms with Gasteiger partial charge in [0, 0.05) is 6.20 Å². The predicted molar refractivity (Wildman–Crippen MR) is 63.1 cm³/mol. The lowest BCUT2D eigenvalue weighted by Gasteiger charge is -2.25. The number of aromatic amines is 1. The van der Waals surface area contributed by atoms with E-state index in [-0.39, 0.29) is 5.54 Å². The van der Waals surface area contributed by atoms with Crippen LogP contribution in [0, 0.1) is 0 Å². The minimum atomic E-state index is 0.0546. The van der Waals surface area contributed by atoms with Crippen LogP contribution in [0.2, 0.25) is 0 Å². The zero-order chi connectivity index (χ0) is 11.0. The van der Waals surface area contributed by atoms with Crippen LogP contribution in [0.1, 0.15) is 32.0 Å². The first-order valence-corrected chi connectivity index (χ1v) is 5.89. The molecule has 0 bridgehead atoms. The van der Waals surface area contributed by atoms with Gasteiger partial charge >= 0.3 is 0 Å². The fourth-order valence-corrected chi connectivity index (χ4v) is 2.56. The van der Waals surface area contributed by atoms with Crippen molar-refractivity contribution < 1.29 is 0 Å². The number of hydrogen-bond donors (Lipinski definition) is 2. The van der Waals surface area contributed by atoms with Gasteiger partial charge in [-0.15, -0.1) is 0 Å². The van der Waals surface area contributed by atoms with E-state index >= 15 is 0 Å². The number of pyridine rings is 1. The molecule has 2 N–H and O–H groups in total. The van der Waals surface area contributed by atoms with E-state index < -0.39 is 0 Å². The second kappa shape index (κ2) is 3.56. The third kappa shape index (κ3) is 1.33. The first kappa shape index (κ1) is 9.78. The van der Waals surface area contributed by atoms with Crippen molar-refractivity contribution in [2.75, 3.05) is 6.54 Å². The Labute approximate surface area is 94.5 Å². The maximum absolute atomic E-state index is 4.68. The zero-order valence-electron chi connectivity index (χ0n) is 9.45. The molecule has 0 aromatic carbocycles. The molecule has 1 fully saturated rings. The van der Waals surface area contributed by atoms with Crippen LogP contribution >= 0.6 is 0 Å². The van der Waals surface area contributed by atoms with Crippen molar-refractivity contribution in [1.29, 1.82) is 0 Å². The minimum absolute atomic E-state index is 0.0546. The molecule has 0 amide bonds. The number of aromatic nitrogens is 3. The number of fused-ring (bicyclic) bond motifs is 1. The molecule has 0 radical (unpaired) electrons. The van der Waals surface area contributed by atoms with Gasteiger partial charge in [-0.1, -0.05) is 6.92 Å². The summed E-state index contributed by atoms with van der Waals surface area (Å²) in [5.41, 5.74) is 2.09. The number of H-pyrrole nitrogens is 1. The van der Waals surface area contributed by atoms with Crippen LogP contribution in [-0.4, -0.2) is 21.5 Å². The molecule has 2 aromatic rings. The largest absolute Gasteiger partial charge is 0.339 e. The first-order chi connectivity index (χ1) is 7.84. The fraction of sp³-hybridized carbons (Fsp3) is 0.500. The highest BCUT2D eigenvalue weighted by molar-refractivity contribution is 5.73.